The summed E-state index contributed by atoms with van der Waals surface area (Å²) in [5.41, 5.74) is 2.78. The van der Waals surface area contributed by atoms with Crippen LogP contribution in [0.5, 0.6) is 0 Å². The van der Waals surface area contributed by atoms with Crippen LogP contribution in [0.1, 0.15) is 43.7 Å². The number of benzene rings is 1. The maximum Gasteiger partial charge on any atom is 0.0408 e. The second-order valence-corrected chi connectivity index (χ2v) is 4.32. The van der Waals surface area contributed by atoms with Gasteiger partial charge in [0, 0.05) is 5.02 Å². The molecule has 1 heteroatoms. The fourth-order valence-electron chi connectivity index (χ4n) is 1.65. The molecule has 0 N–H and O–H groups in total. The van der Waals surface area contributed by atoms with Crippen LogP contribution < -0.4 is 0 Å². The molecule has 0 aliphatic heterocycles. The Labute approximate surface area is 92.3 Å². The molecule has 0 atom stereocenters. The number of hydrogen-bond donors (Lipinski definition) is 0. The van der Waals surface area contributed by atoms with Gasteiger partial charge >= 0.3 is 0 Å². The third kappa shape index (κ3) is 3.71. The van der Waals surface area contributed by atoms with Crippen molar-refractivity contribution in [3.63, 3.8) is 0 Å². The lowest BCUT2D eigenvalue weighted by Gasteiger charge is -2.05. The van der Waals surface area contributed by atoms with Gasteiger partial charge in [0.05, 0.1) is 0 Å². The van der Waals surface area contributed by atoms with Gasteiger partial charge in [-0.15, -0.1) is 0 Å². The summed E-state index contributed by atoms with van der Waals surface area (Å²) in [5, 5.41) is 0.862. The number of aryl methyl sites for hydroxylation is 2. The molecule has 0 fully saturated rings. The van der Waals surface area contributed by atoms with Crippen molar-refractivity contribution in [3.8, 4) is 0 Å². The van der Waals surface area contributed by atoms with E-state index in [1.807, 2.05) is 6.07 Å². The molecule has 78 valence electrons. The van der Waals surface area contributed by atoms with E-state index < -0.39 is 0 Å². The summed E-state index contributed by atoms with van der Waals surface area (Å²) < 4.78 is 0. The lowest BCUT2D eigenvalue weighted by Crippen LogP contribution is -1.89. The normalized spacial score (nSPS) is 10.5. The van der Waals surface area contributed by atoms with E-state index in [4.69, 9.17) is 11.6 Å². The summed E-state index contributed by atoms with van der Waals surface area (Å²) in [6.45, 7) is 4.40. The van der Waals surface area contributed by atoms with Gasteiger partial charge in [-0.25, -0.2) is 0 Å². The van der Waals surface area contributed by atoms with Gasteiger partial charge < -0.3 is 0 Å². The molecular formula is C13H19Cl. The Bertz CT molecular complexity index is 279. The zero-order chi connectivity index (χ0) is 10.4. The number of halogens is 1. The van der Waals surface area contributed by atoms with E-state index >= 15 is 0 Å². The van der Waals surface area contributed by atoms with E-state index in [-0.39, 0.29) is 0 Å². The molecule has 14 heavy (non-hydrogen) atoms. The standard InChI is InChI=1S/C13H19Cl/c1-3-4-5-6-7-12-10-13(14)9-8-11(12)2/h8-10H,3-7H2,1-2H3. The third-order valence-electron chi connectivity index (χ3n) is 2.61. The number of hydrogen-bond acceptors (Lipinski definition) is 0. The molecule has 1 rings (SSSR count). The molecule has 0 aliphatic rings. The van der Waals surface area contributed by atoms with Crippen molar-refractivity contribution in [3.05, 3.63) is 34.3 Å². The average Bonchev–Trinajstić information content (AvgIpc) is 2.18. The van der Waals surface area contributed by atoms with Gasteiger partial charge in [0.1, 0.15) is 0 Å². The summed E-state index contributed by atoms with van der Waals surface area (Å²) in [6.07, 6.45) is 6.44. The van der Waals surface area contributed by atoms with Gasteiger partial charge in [-0.1, -0.05) is 43.9 Å². The molecule has 0 unspecified atom stereocenters. The summed E-state index contributed by atoms with van der Waals surface area (Å²) in [6, 6.07) is 6.17. The van der Waals surface area contributed by atoms with Crippen LogP contribution >= 0.6 is 11.6 Å². The van der Waals surface area contributed by atoms with E-state index in [0.29, 0.717) is 0 Å². The first-order valence-electron chi connectivity index (χ1n) is 5.49. The summed E-state index contributed by atoms with van der Waals surface area (Å²) in [4.78, 5) is 0. The minimum Gasteiger partial charge on any atom is -0.0843 e. The minimum absolute atomic E-state index is 0.862. The molecule has 0 aromatic heterocycles. The van der Waals surface area contributed by atoms with Crippen molar-refractivity contribution in [1.82, 2.24) is 0 Å². The highest BCUT2D eigenvalue weighted by Gasteiger charge is 1.99. The highest BCUT2D eigenvalue weighted by Crippen LogP contribution is 2.17. The van der Waals surface area contributed by atoms with E-state index in [0.717, 1.165) is 5.02 Å². The van der Waals surface area contributed by atoms with E-state index in [2.05, 4.69) is 26.0 Å². The van der Waals surface area contributed by atoms with Crippen molar-refractivity contribution < 1.29 is 0 Å². The molecule has 0 saturated carbocycles. The average molecular weight is 211 g/mol. The number of rotatable bonds is 5. The van der Waals surface area contributed by atoms with Crippen molar-refractivity contribution >= 4 is 11.6 Å². The first-order valence-corrected chi connectivity index (χ1v) is 5.87. The van der Waals surface area contributed by atoms with Gasteiger partial charge in [-0.2, -0.15) is 0 Å². The van der Waals surface area contributed by atoms with Crippen LogP contribution in [-0.4, -0.2) is 0 Å². The van der Waals surface area contributed by atoms with Gasteiger partial charge in [0.25, 0.3) is 0 Å². The lowest BCUT2D eigenvalue weighted by molar-refractivity contribution is 0.665. The van der Waals surface area contributed by atoms with E-state index in [1.54, 1.807) is 0 Å². The van der Waals surface area contributed by atoms with E-state index in [1.165, 1.54) is 43.2 Å². The van der Waals surface area contributed by atoms with Crippen molar-refractivity contribution in [1.29, 1.82) is 0 Å². The Morgan fingerprint density at radius 2 is 1.93 bits per heavy atom. The van der Waals surface area contributed by atoms with Crippen molar-refractivity contribution in [2.75, 3.05) is 0 Å². The predicted molar refractivity (Wildman–Crippen MR) is 64.0 cm³/mol. The minimum atomic E-state index is 0.862. The maximum atomic E-state index is 5.96. The quantitative estimate of drug-likeness (QED) is 0.614. The lowest BCUT2D eigenvalue weighted by atomic mass is 10.0. The Morgan fingerprint density at radius 3 is 2.64 bits per heavy atom. The topological polar surface area (TPSA) is 0 Å². The second kappa shape index (κ2) is 6.08. The summed E-state index contributed by atoms with van der Waals surface area (Å²) >= 11 is 5.96. The van der Waals surface area contributed by atoms with Crippen LogP contribution in [-0.2, 0) is 6.42 Å². The highest BCUT2D eigenvalue weighted by atomic mass is 35.5. The van der Waals surface area contributed by atoms with Gasteiger partial charge in [0.2, 0.25) is 0 Å². The Balaban J connectivity index is 2.45. The zero-order valence-corrected chi connectivity index (χ0v) is 9.90. The van der Waals surface area contributed by atoms with Gasteiger partial charge in [-0.05, 0) is 43.0 Å². The van der Waals surface area contributed by atoms with Crippen molar-refractivity contribution in [2.24, 2.45) is 0 Å². The molecule has 0 amide bonds. The fourth-order valence-corrected chi connectivity index (χ4v) is 1.85. The first-order chi connectivity index (χ1) is 6.74. The zero-order valence-electron chi connectivity index (χ0n) is 9.15. The Hall–Kier alpha value is -0.490. The number of unbranched alkanes of at least 4 members (excludes halogenated alkanes) is 3. The van der Waals surface area contributed by atoms with Crippen LogP contribution in [0.2, 0.25) is 5.02 Å². The molecule has 1 aromatic rings. The molecule has 0 aliphatic carbocycles. The maximum absolute atomic E-state index is 5.96. The van der Waals surface area contributed by atoms with Crippen LogP contribution in [0, 0.1) is 6.92 Å². The summed E-state index contributed by atoms with van der Waals surface area (Å²) in [5.74, 6) is 0. The van der Waals surface area contributed by atoms with Crippen LogP contribution in [0.15, 0.2) is 18.2 Å². The molecular weight excluding hydrogens is 192 g/mol. The largest absolute Gasteiger partial charge is 0.0843 e. The van der Waals surface area contributed by atoms with E-state index in [9.17, 15) is 0 Å². The molecule has 0 spiro atoms. The third-order valence-corrected chi connectivity index (χ3v) is 2.85. The molecule has 0 heterocycles. The van der Waals surface area contributed by atoms with Crippen LogP contribution in [0.3, 0.4) is 0 Å². The Kier molecular flexibility index (Phi) is 5.03. The molecule has 0 nitrogen and oxygen atoms in total. The highest BCUT2D eigenvalue weighted by molar-refractivity contribution is 6.30. The monoisotopic (exact) mass is 210 g/mol. The first kappa shape index (κ1) is 11.6. The molecule has 0 radical (unpaired) electrons. The molecule has 1 aromatic carbocycles. The second-order valence-electron chi connectivity index (χ2n) is 3.88. The predicted octanol–water partition coefficient (Wildman–Crippen LogP) is 4.77. The van der Waals surface area contributed by atoms with Gasteiger partial charge in [0.15, 0.2) is 0 Å². The molecule has 0 bridgehead atoms. The Morgan fingerprint density at radius 1 is 1.14 bits per heavy atom. The van der Waals surface area contributed by atoms with Crippen LogP contribution in [0.4, 0.5) is 0 Å². The fraction of sp³-hybridized carbons (Fsp3) is 0.538. The molecule has 0 saturated heterocycles. The SMILES string of the molecule is CCCCCCc1cc(Cl)ccc1C. The summed E-state index contributed by atoms with van der Waals surface area (Å²) in [7, 11) is 0. The van der Waals surface area contributed by atoms with Crippen LogP contribution in [0.25, 0.3) is 0 Å². The van der Waals surface area contributed by atoms with Crippen molar-refractivity contribution in [2.45, 2.75) is 46.0 Å². The van der Waals surface area contributed by atoms with Gasteiger partial charge in [-0.3, -0.25) is 0 Å². The smallest absolute Gasteiger partial charge is 0.0408 e.